The molecule has 0 saturated heterocycles. The summed E-state index contributed by atoms with van der Waals surface area (Å²) < 4.78 is 5.62. The normalized spacial score (nSPS) is 25.4. The van der Waals surface area contributed by atoms with Crippen molar-refractivity contribution in [2.24, 2.45) is 5.73 Å². The van der Waals surface area contributed by atoms with Crippen molar-refractivity contribution in [3.8, 4) is 0 Å². The average molecular weight is 195 g/mol. The number of furan rings is 1. The number of hydrogen-bond donors (Lipinski definition) is 2. The fourth-order valence-electron chi connectivity index (χ4n) is 2.19. The second-order valence-electron chi connectivity index (χ2n) is 3.97. The highest BCUT2D eigenvalue weighted by Gasteiger charge is 2.38. The molecule has 0 amide bonds. The molecule has 0 aromatic carbocycles. The van der Waals surface area contributed by atoms with Crippen LogP contribution in [-0.2, 0) is 18.4 Å². The van der Waals surface area contributed by atoms with Crippen LogP contribution in [0.4, 0.5) is 0 Å². The molecule has 1 unspecified atom stereocenters. The fraction of sp³-hybridized carbons (Fsp3) is 0.636. The summed E-state index contributed by atoms with van der Waals surface area (Å²) in [6, 6.07) is 1.98. The zero-order valence-electron chi connectivity index (χ0n) is 8.55. The predicted octanol–water partition coefficient (Wildman–Crippen LogP) is 1.32. The van der Waals surface area contributed by atoms with Crippen LogP contribution in [0, 0.1) is 0 Å². The highest BCUT2D eigenvalue weighted by atomic mass is 16.3. The number of hydrogen-bond acceptors (Lipinski definition) is 3. The van der Waals surface area contributed by atoms with Crippen molar-refractivity contribution in [2.45, 2.75) is 38.2 Å². The molecule has 3 nitrogen and oxygen atoms in total. The molecule has 0 aliphatic heterocycles. The standard InChI is InChI=1S/C11H17NO2/c1-2-8-7-9-10(14-8)3-4-11(9,13)5-6-12/h7,13H,2-6,12H2,1H3. The van der Waals surface area contributed by atoms with Crippen molar-refractivity contribution in [3.63, 3.8) is 0 Å². The Kier molecular flexibility index (Phi) is 2.37. The van der Waals surface area contributed by atoms with Crippen LogP contribution < -0.4 is 5.73 Å². The minimum Gasteiger partial charge on any atom is -0.466 e. The largest absolute Gasteiger partial charge is 0.466 e. The van der Waals surface area contributed by atoms with Crippen LogP contribution in [0.15, 0.2) is 10.5 Å². The van der Waals surface area contributed by atoms with Gasteiger partial charge in [-0.3, -0.25) is 0 Å². The van der Waals surface area contributed by atoms with Crippen LogP contribution in [0.25, 0.3) is 0 Å². The molecule has 2 rings (SSSR count). The van der Waals surface area contributed by atoms with Crippen LogP contribution in [0.1, 0.15) is 36.8 Å². The van der Waals surface area contributed by atoms with Gasteiger partial charge in [0.1, 0.15) is 11.5 Å². The Morgan fingerprint density at radius 1 is 1.64 bits per heavy atom. The first-order valence-corrected chi connectivity index (χ1v) is 5.24. The van der Waals surface area contributed by atoms with Crippen LogP contribution >= 0.6 is 0 Å². The third-order valence-corrected chi connectivity index (χ3v) is 3.03. The first kappa shape index (κ1) is 9.74. The summed E-state index contributed by atoms with van der Waals surface area (Å²) in [6.07, 6.45) is 3.10. The van der Waals surface area contributed by atoms with Gasteiger partial charge in [0.15, 0.2) is 0 Å². The van der Waals surface area contributed by atoms with E-state index in [4.69, 9.17) is 10.2 Å². The molecule has 1 aliphatic carbocycles. The Morgan fingerprint density at radius 3 is 3.07 bits per heavy atom. The molecule has 0 fully saturated rings. The second-order valence-corrected chi connectivity index (χ2v) is 3.97. The molecule has 0 bridgehead atoms. The Labute approximate surface area is 83.9 Å². The quantitative estimate of drug-likeness (QED) is 0.764. The highest BCUT2D eigenvalue weighted by Crippen LogP contribution is 2.40. The smallest absolute Gasteiger partial charge is 0.110 e. The van der Waals surface area contributed by atoms with E-state index in [-0.39, 0.29) is 0 Å². The molecule has 14 heavy (non-hydrogen) atoms. The van der Waals surface area contributed by atoms with Crippen molar-refractivity contribution >= 4 is 0 Å². The molecule has 0 saturated carbocycles. The lowest BCUT2D eigenvalue weighted by Crippen LogP contribution is -2.25. The average Bonchev–Trinajstić information content (AvgIpc) is 2.68. The number of aryl methyl sites for hydroxylation is 2. The van der Waals surface area contributed by atoms with Crippen LogP contribution in [0.2, 0.25) is 0 Å². The predicted molar refractivity (Wildman–Crippen MR) is 54.0 cm³/mol. The van der Waals surface area contributed by atoms with Gasteiger partial charge in [-0.1, -0.05) is 6.92 Å². The molecule has 1 atom stereocenters. The first-order valence-electron chi connectivity index (χ1n) is 5.24. The number of fused-ring (bicyclic) bond motifs is 1. The van der Waals surface area contributed by atoms with Gasteiger partial charge in [-0.05, 0) is 25.5 Å². The molecule has 0 spiro atoms. The number of rotatable bonds is 3. The third-order valence-electron chi connectivity index (χ3n) is 3.03. The van der Waals surface area contributed by atoms with E-state index in [0.29, 0.717) is 13.0 Å². The number of nitrogens with two attached hydrogens (primary N) is 1. The van der Waals surface area contributed by atoms with E-state index < -0.39 is 5.60 Å². The summed E-state index contributed by atoms with van der Waals surface area (Å²) in [5, 5.41) is 10.3. The lowest BCUT2D eigenvalue weighted by Gasteiger charge is -2.21. The first-order chi connectivity index (χ1) is 6.69. The SMILES string of the molecule is CCc1cc2c(o1)CCC2(O)CCN. The molecular weight excluding hydrogens is 178 g/mol. The Bertz CT molecular complexity index is 332. The van der Waals surface area contributed by atoms with E-state index in [2.05, 4.69) is 6.92 Å². The minimum atomic E-state index is -0.721. The van der Waals surface area contributed by atoms with E-state index in [9.17, 15) is 5.11 Å². The van der Waals surface area contributed by atoms with E-state index in [1.54, 1.807) is 0 Å². The van der Waals surface area contributed by atoms with Gasteiger partial charge in [-0.2, -0.15) is 0 Å². The van der Waals surface area contributed by atoms with E-state index >= 15 is 0 Å². The lowest BCUT2D eigenvalue weighted by molar-refractivity contribution is 0.0321. The van der Waals surface area contributed by atoms with Gasteiger partial charge in [0, 0.05) is 18.4 Å². The van der Waals surface area contributed by atoms with Gasteiger partial charge < -0.3 is 15.3 Å². The van der Waals surface area contributed by atoms with Gasteiger partial charge in [0.2, 0.25) is 0 Å². The number of aliphatic hydroxyl groups is 1. The van der Waals surface area contributed by atoms with Gasteiger partial charge in [0.05, 0.1) is 5.60 Å². The zero-order chi connectivity index (χ0) is 10.2. The van der Waals surface area contributed by atoms with Crippen molar-refractivity contribution in [2.75, 3.05) is 6.54 Å². The third kappa shape index (κ3) is 1.37. The molecule has 78 valence electrons. The topological polar surface area (TPSA) is 59.4 Å². The van der Waals surface area contributed by atoms with Gasteiger partial charge in [-0.25, -0.2) is 0 Å². The fourth-order valence-corrected chi connectivity index (χ4v) is 2.19. The monoisotopic (exact) mass is 195 g/mol. The molecule has 1 aromatic rings. The summed E-state index contributed by atoms with van der Waals surface area (Å²) in [4.78, 5) is 0. The van der Waals surface area contributed by atoms with Crippen molar-refractivity contribution in [3.05, 3.63) is 23.2 Å². The molecule has 1 heterocycles. The second kappa shape index (κ2) is 3.41. The molecule has 0 radical (unpaired) electrons. The zero-order valence-corrected chi connectivity index (χ0v) is 8.55. The van der Waals surface area contributed by atoms with Crippen molar-refractivity contribution in [1.29, 1.82) is 0 Å². The lowest BCUT2D eigenvalue weighted by atomic mass is 9.93. The summed E-state index contributed by atoms with van der Waals surface area (Å²) in [5.41, 5.74) is 5.75. The van der Waals surface area contributed by atoms with Crippen LogP contribution in [0.5, 0.6) is 0 Å². The summed E-state index contributed by atoms with van der Waals surface area (Å²) in [7, 11) is 0. The molecule has 1 aromatic heterocycles. The summed E-state index contributed by atoms with van der Waals surface area (Å²) >= 11 is 0. The maximum absolute atomic E-state index is 10.3. The maximum Gasteiger partial charge on any atom is 0.110 e. The highest BCUT2D eigenvalue weighted by molar-refractivity contribution is 5.33. The van der Waals surface area contributed by atoms with E-state index in [1.807, 2.05) is 6.07 Å². The minimum absolute atomic E-state index is 0.516. The molecular formula is C11H17NO2. The van der Waals surface area contributed by atoms with Crippen LogP contribution in [-0.4, -0.2) is 11.7 Å². The van der Waals surface area contributed by atoms with Gasteiger partial charge in [0.25, 0.3) is 0 Å². The molecule has 3 heteroatoms. The van der Waals surface area contributed by atoms with Gasteiger partial charge in [-0.15, -0.1) is 0 Å². The summed E-state index contributed by atoms with van der Waals surface area (Å²) in [6.45, 7) is 2.57. The van der Waals surface area contributed by atoms with E-state index in [1.165, 1.54) is 0 Å². The summed E-state index contributed by atoms with van der Waals surface area (Å²) in [5.74, 6) is 1.92. The maximum atomic E-state index is 10.3. The van der Waals surface area contributed by atoms with E-state index in [0.717, 1.165) is 36.3 Å². The molecule has 3 N–H and O–H groups in total. The Hall–Kier alpha value is -0.800. The van der Waals surface area contributed by atoms with Crippen LogP contribution in [0.3, 0.4) is 0 Å². The Balaban J connectivity index is 2.32. The van der Waals surface area contributed by atoms with Crippen molar-refractivity contribution < 1.29 is 9.52 Å². The van der Waals surface area contributed by atoms with Gasteiger partial charge >= 0.3 is 0 Å². The Morgan fingerprint density at radius 2 is 2.43 bits per heavy atom. The molecule has 1 aliphatic rings. The van der Waals surface area contributed by atoms with Crippen molar-refractivity contribution in [1.82, 2.24) is 0 Å².